The zero-order valence-electron chi connectivity index (χ0n) is 16.0. The van der Waals surface area contributed by atoms with Crippen molar-refractivity contribution in [3.8, 4) is 0 Å². The maximum Gasteiger partial charge on any atom is 0.229 e. The van der Waals surface area contributed by atoms with Gasteiger partial charge < -0.3 is 15.2 Å². The summed E-state index contributed by atoms with van der Waals surface area (Å²) in [7, 11) is 0. The highest BCUT2D eigenvalue weighted by atomic mass is 35.5. The normalized spacial score (nSPS) is 16.6. The number of halogens is 2. The van der Waals surface area contributed by atoms with E-state index in [1.807, 2.05) is 6.20 Å². The van der Waals surface area contributed by atoms with E-state index in [9.17, 15) is 14.0 Å². The van der Waals surface area contributed by atoms with Crippen LogP contribution in [0.1, 0.15) is 17.5 Å². The van der Waals surface area contributed by atoms with Gasteiger partial charge in [0.1, 0.15) is 5.82 Å². The van der Waals surface area contributed by atoms with Crippen molar-refractivity contribution in [2.75, 3.05) is 18.4 Å². The first-order valence-electron chi connectivity index (χ1n) is 9.51. The molecular formula is C22H21ClFN3O2. The molecule has 1 saturated heterocycles. The van der Waals surface area contributed by atoms with Gasteiger partial charge in [-0.25, -0.2) is 4.39 Å². The number of aromatic nitrogens is 1. The second-order valence-electron chi connectivity index (χ2n) is 7.47. The van der Waals surface area contributed by atoms with Crippen molar-refractivity contribution >= 4 is 40.0 Å². The topological polar surface area (TPSA) is 65.2 Å². The molecule has 3 aromatic rings. The number of hydrogen-bond acceptors (Lipinski definition) is 2. The van der Waals surface area contributed by atoms with Gasteiger partial charge >= 0.3 is 0 Å². The maximum atomic E-state index is 13.3. The Morgan fingerprint density at radius 3 is 2.93 bits per heavy atom. The largest absolute Gasteiger partial charge is 0.361 e. The Bertz CT molecular complexity index is 1090. The van der Waals surface area contributed by atoms with E-state index in [4.69, 9.17) is 11.6 Å². The molecule has 2 N–H and O–H groups in total. The molecule has 0 spiro atoms. The number of carbonyl (C=O) groups is 2. The number of aryl methyl sites for hydroxylation is 1. The number of rotatable bonds is 5. The fourth-order valence-electron chi connectivity index (χ4n) is 3.74. The van der Waals surface area contributed by atoms with Crippen LogP contribution in [0.15, 0.2) is 42.6 Å². The zero-order valence-corrected chi connectivity index (χ0v) is 16.7. The molecule has 2 heterocycles. The van der Waals surface area contributed by atoms with Gasteiger partial charge in [0.05, 0.1) is 10.9 Å². The molecule has 0 radical (unpaired) electrons. The van der Waals surface area contributed by atoms with Crippen molar-refractivity contribution in [3.63, 3.8) is 0 Å². The third-order valence-corrected chi connectivity index (χ3v) is 5.64. The average molecular weight is 414 g/mol. The molecule has 1 aromatic heterocycles. The van der Waals surface area contributed by atoms with E-state index in [0.717, 1.165) is 17.5 Å². The molecule has 4 rings (SSSR count). The van der Waals surface area contributed by atoms with Gasteiger partial charge in [0.25, 0.3) is 0 Å². The predicted octanol–water partition coefficient (Wildman–Crippen LogP) is 4.30. The second-order valence-corrected chi connectivity index (χ2v) is 7.88. The number of benzene rings is 2. The van der Waals surface area contributed by atoms with Crippen LogP contribution < -0.4 is 5.32 Å². The number of aromatic amines is 1. The number of likely N-dealkylation sites (tertiary alicyclic amines) is 1. The molecular weight excluding hydrogens is 393 g/mol. The Hall–Kier alpha value is -2.86. The summed E-state index contributed by atoms with van der Waals surface area (Å²) in [6.45, 7) is 2.99. The van der Waals surface area contributed by atoms with Crippen LogP contribution in [0.25, 0.3) is 10.9 Å². The number of fused-ring (bicyclic) bond motifs is 1. The first-order chi connectivity index (χ1) is 13.9. The van der Waals surface area contributed by atoms with E-state index < -0.39 is 11.7 Å². The van der Waals surface area contributed by atoms with Crippen LogP contribution in [0, 0.1) is 18.7 Å². The molecule has 2 amide bonds. The van der Waals surface area contributed by atoms with Crippen molar-refractivity contribution in [1.29, 1.82) is 0 Å². The SMILES string of the molecule is Cc1ccc2[nH]cc(CCN3C[C@@H](C(=O)Nc4ccc(F)c(Cl)c4)CC3=O)c2c1. The van der Waals surface area contributed by atoms with Gasteiger partial charge in [-0.15, -0.1) is 0 Å². The second kappa shape index (κ2) is 7.87. The summed E-state index contributed by atoms with van der Waals surface area (Å²) in [4.78, 5) is 29.9. The summed E-state index contributed by atoms with van der Waals surface area (Å²) in [6.07, 6.45) is 2.87. The number of amides is 2. The molecule has 1 fully saturated rings. The lowest BCUT2D eigenvalue weighted by Crippen LogP contribution is -2.30. The molecule has 1 aliphatic rings. The number of nitrogens with zero attached hydrogens (tertiary/aromatic N) is 1. The van der Waals surface area contributed by atoms with Crippen LogP contribution in [-0.2, 0) is 16.0 Å². The van der Waals surface area contributed by atoms with Gasteiger partial charge in [-0.05, 0) is 49.2 Å². The van der Waals surface area contributed by atoms with Crippen molar-refractivity contribution < 1.29 is 14.0 Å². The fraction of sp³-hybridized carbons (Fsp3) is 0.273. The van der Waals surface area contributed by atoms with Crippen LogP contribution in [0.5, 0.6) is 0 Å². The van der Waals surface area contributed by atoms with Crippen molar-refractivity contribution in [3.05, 3.63) is 64.6 Å². The molecule has 29 heavy (non-hydrogen) atoms. The van der Waals surface area contributed by atoms with E-state index >= 15 is 0 Å². The Morgan fingerprint density at radius 2 is 2.14 bits per heavy atom. The van der Waals surface area contributed by atoms with Crippen molar-refractivity contribution in [1.82, 2.24) is 9.88 Å². The number of H-pyrrole nitrogens is 1. The minimum Gasteiger partial charge on any atom is -0.361 e. The first-order valence-corrected chi connectivity index (χ1v) is 9.89. The molecule has 1 aliphatic heterocycles. The molecule has 1 atom stereocenters. The van der Waals surface area contributed by atoms with Crippen LogP contribution in [0.4, 0.5) is 10.1 Å². The highest BCUT2D eigenvalue weighted by Gasteiger charge is 2.34. The van der Waals surface area contributed by atoms with E-state index in [1.165, 1.54) is 29.1 Å². The van der Waals surface area contributed by atoms with Crippen LogP contribution in [-0.4, -0.2) is 34.8 Å². The number of anilines is 1. The van der Waals surface area contributed by atoms with Gasteiger partial charge in [0.15, 0.2) is 0 Å². The quantitative estimate of drug-likeness (QED) is 0.655. The van der Waals surface area contributed by atoms with Crippen LogP contribution in [0.2, 0.25) is 5.02 Å². The molecule has 0 bridgehead atoms. The summed E-state index contributed by atoms with van der Waals surface area (Å²) in [5, 5.41) is 3.83. The minimum absolute atomic E-state index is 0.0293. The van der Waals surface area contributed by atoms with Gasteiger partial charge in [0.2, 0.25) is 11.8 Å². The van der Waals surface area contributed by atoms with Gasteiger partial charge in [-0.3, -0.25) is 9.59 Å². The lowest BCUT2D eigenvalue weighted by atomic mass is 10.1. The standard InChI is InChI=1S/C22H21ClFN3O2/c1-13-2-5-20-17(8-13)14(11-25-20)6-7-27-12-15(9-21(27)28)22(29)26-16-3-4-19(24)18(23)10-16/h2-5,8,10-11,15,25H,6-7,9,12H2,1H3,(H,26,29)/t15-/m0/s1. The summed E-state index contributed by atoms with van der Waals surface area (Å²) >= 11 is 5.75. The van der Waals surface area contributed by atoms with E-state index in [2.05, 4.69) is 35.4 Å². The van der Waals surface area contributed by atoms with Crippen LogP contribution >= 0.6 is 11.6 Å². The summed E-state index contributed by atoms with van der Waals surface area (Å²) in [6, 6.07) is 10.3. The predicted molar refractivity (Wildman–Crippen MR) is 111 cm³/mol. The third kappa shape index (κ3) is 4.12. The summed E-state index contributed by atoms with van der Waals surface area (Å²) in [5.41, 5.74) is 3.84. The van der Waals surface area contributed by atoms with Gasteiger partial charge in [0, 0.05) is 42.3 Å². The first kappa shape index (κ1) is 19.5. The molecule has 150 valence electrons. The summed E-state index contributed by atoms with van der Waals surface area (Å²) in [5.74, 6) is -1.26. The van der Waals surface area contributed by atoms with Gasteiger partial charge in [-0.2, -0.15) is 0 Å². The van der Waals surface area contributed by atoms with Crippen molar-refractivity contribution in [2.45, 2.75) is 19.8 Å². The number of hydrogen-bond donors (Lipinski definition) is 2. The van der Waals surface area contributed by atoms with Gasteiger partial charge in [-0.1, -0.05) is 23.2 Å². The van der Waals surface area contributed by atoms with E-state index in [0.29, 0.717) is 18.8 Å². The molecule has 0 saturated carbocycles. The number of carbonyl (C=O) groups excluding carboxylic acids is 2. The lowest BCUT2D eigenvalue weighted by Gasteiger charge is -2.16. The zero-order chi connectivity index (χ0) is 20.5. The Kier molecular flexibility index (Phi) is 5.28. The highest BCUT2D eigenvalue weighted by Crippen LogP contribution is 2.24. The fourth-order valence-corrected chi connectivity index (χ4v) is 3.92. The maximum absolute atomic E-state index is 13.3. The molecule has 2 aromatic carbocycles. The molecule has 0 unspecified atom stereocenters. The molecule has 5 nitrogen and oxygen atoms in total. The Labute approximate surface area is 172 Å². The minimum atomic E-state index is -0.542. The monoisotopic (exact) mass is 413 g/mol. The molecule has 0 aliphatic carbocycles. The van der Waals surface area contributed by atoms with E-state index in [1.54, 1.807) is 4.90 Å². The van der Waals surface area contributed by atoms with Crippen molar-refractivity contribution in [2.24, 2.45) is 5.92 Å². The third-order valence-electron chi connectivity index (χ3n) is 5.35. The Morgan fingerprint density at radius 1 is 1.31 bits per heavy atom. The average Bonchev–Trinajstić information content (AvgIpc) is 3.26. The van der Waals surface area contributed by atoms with E-state index in [-0.39, 0.29) is 23.3 Å². The molecule has 7 heteroatoms. The number of nitrogens with one attached hydrogen (secondary N) is 2. The summed E-state index contributed by atoms with van der Waals surface area (Å²) < 4.78 is 13.3. The Balaban J connectivity index is 1.37. The highest BCUT2D eigenvalue weighted by molar-refractivity contribution is 6.31. The lowest BCUT2D eigenvalue weighted by molar-refractivity contribution is -0.128. The van der Waals surface area contributed by atoms with Crippen LogP contribution in [0.3, 0.4) is 0 Å². The smallest absolute Gasteiger partial charge is 0.229 e.